The van der Waals surface area contributed by atoms with Gasteiger partial charge < -0.3 is 10.2 Å². The zero-order valence-electron chi connectivity index (χ0n) is 11.8. The summed E-state index contributed by atoms with van der Waals surface area (Å²) in [4.78, 5) is 16.0. The maximum Gasteiger partial charge on any atom is 0.254 e. The van der Waals surface area contributed by atoms with Crippen LogP contribution in [0, 0.1) is 11.3 Å². The molecule has 5 nitrogen and oxygen atoms in total. The molecule has 0 spiro atoms. The van der Waals surface area contributed by atoms with Crippen LogP contribution in [-0.4, -0.2) is 5.91 Å². The van der Waals surface area contributed by atoms with Gasteiger partial charge in [0.15, 0.2) is 0 Å². The van der Waals surface area contributed by atoms with Crippen LogP contribution < -0.4 is 11.3 Å². The van der Waals surface area contributed by atoms with Crippen LogP contribution in [0.25, 0.3) is 11.0 Å². The maximum absolute atomic E-state index is 11.7. The smallest absolute Gasteiger partial charge is 0.254 e. The highest BCUT2D eigenvalue weighted by Gasteiger charge is 2.09. The van der Waals surface area contributed by atoms with E-state index in [4.69, 9.17) is 15.4 Å². The molecule has 0 fully saturated rings. The van der Waals surface area contributed by atoms with E-state index in [1.165, 1.54) is 0 Å². The van der Waals surface area contributed by atoms with Crippen molar-refractivity contribution < 1.29 is 9.21 Å². The fourth-order valence-corrected chi connectivity index (χ4v) is 2.47. The predicted octanol–water partition coefficient (Wildman–Crippen LogP) is 3.40. The maximum atomic E-state index is 11.7. The number of carbonyl (C=O) groups excluding carboxylic acids is 1. The van der Waals surface area contributed by atoms with Crippen LogP contribution in [0.4, 0.5) is 5.69 Å². The zero-order valence-corrected chi connectivity index (χ0v) is 13.4. The van der Waals surface area contributed by atoms with Crippen molar-refractivity contribution in [1.82, 2.24) is 0 Å². The lowest BCUT2D eigenvalue weighted by Gasteiger charge is -2.02. The molecule has 0 atom stereocenters. The number of hydrogen-bond acceptors (Lipinski definition) is 4. The van der Waals surface area contributed by atoms with E-state index in [0.717, 1.165) is 9.86 Å². The van der Waals surface area contributed by atoms with E-state index in [1.807, 2.05) is 18.2 Å². The van der Waals surface area contributed by atoms with Gasteiger partial charge >= 0.3 is 0 Å². The van der Waals surface area contributed by atoms with E-state index < -0.39 is 5.91 Å². The third-order valence-electron chi connectivity index (χ3n) is 3.20. The standard InChI is InChI=1S/C17H10BrN3O2/c18-12-3-6-15-11(7-12)8-14(16(20)22)17(23-15)21-13-4-1-10(9-19)2-5-13/h1-8H,(H2,20,22). The molecular weight excluding hydrogens is 358 g/mol. The summed E-state index contributed by atoms with van der Waals surface area (Å²) in [6.07, 6.45) is 0. The number of hydrogen-bond donors (Lipinski definition) is 1. The number of nitrogens with zero attached hydrogens (tertiary/aromatic N) is 2. The van der Waals surface area contributed by atoms with Gasteiger partial charge in [-0.1, -0.05) is 15.9 Å². The summed E-state index contributed by atoms with van der Waals surface area (Å²) in [5.41, 5.74) is 7.44. The number of carbonyl (C=O) groups is 1. The monoisotopic (exact) mass is 367 g/mol. The van der Waals surface area contributed by atoms with Crippen molar-refractivity contribution >= 4 is 38.5 Å². The molecule has 3 rings (SSSR count). The first kappa shape index (κ1) is 15.0. The van der Waals surface area contributed by atoms with Crippen molar-refractivity contribution in [3.63, 3.8) is 0 Å². The second-order valence-corrected chi connectivity index (χ2v) is 5.70. The van der Waals surface area contributed by atoms with Crippen LogP contribution in [0.2, 0.25) is 0 Å². The number of nitriles is 1. The molecule has 3 aromatic rings. The Kier molecular flexibility index (Phi) is 3.96. The normalized spacial score (nSPS) is 11.4. The fourth-order valence-electron chi connectivity index (χ4n) is 2.09. The van der Waals surface area contributed by atoms with E-state index in [2.05, 4.69) is 20.9 Å². The second kappa shape index (κ2) is 6.07. The molecule has 0 bridgehead atoms. The summed E-state index contributed by atoms with van der Waals surface area (Å²) < 4.78 is 6.58. The Morgan fingerprint density at radius 2 is 1.91 bits per heavy atom. The highest BCUT2D eigenvalue weighted by Crippen LogP contribution is 2.20. The van der Waals surface area contributed by atoms with Gasteiger partial charge in [0.1, 0.15) is 11.1 Å². The number of nitrogens with two attached hydrogens (primary N) is 1. The molecule has 112 valence electrons. The number of amides is 1. The van der Waals surface area contributed by atoms with Gasteiger partial charge in [-0.15, -0.1) is 0 Å². The minimum atomic E-state index is -0.622. The number of fused-ring (bicyclic) bond motifs is 1. The molecule has 0 unspecified atom stereocenters. The predicted molar refractivity (Wildman–Crippen MR) is 88.8 cm³/mol. The summed E-state index contributed by atoms with van der Waals surface area (Å²) in [6.45, 7) is 0. The molecule has 0 radical (unpaired) electrons. The number of halogens is 1. The Morgan fingerprint density at radius 3 is 2.57 bits per heavy atom. The van der Waals surface area contributed by atoms with Gasteiger partial charge in [0, 0.05) is 9.86 Å². The van der Waals surface area contributed by atoms with Crippen molar-refractivity contribution in [3.05, 3.63) is 69.7 Å². The first-order valence-electron chi connectivity index (χ1n) is 6.65. The lowest BCUT2D eigenvalue weighted by molar-refractivity contribution is 0.0996. The molecule has 2 N–H and O–H groups in total. The largest absolute Gasteiger partial charge is 0.438 e. The van der Waals surface area contributed by atoms with Crippen molar-refractivity contribution in [2.45, 2.75) is 0 Å². The Labute approximate surface area is 139 Å². The molecule has 1 heterocycles. The summed E-state index contributed by atoms with van der Waals surface area (Å²) >= 11 is 3.37. The zero-order chi connectivity index (χ0) is 16.4. The van der Waals surface area contributed by atoms with Gasteiger partial charge in [0.05, 0.1) is 17.3 Å². The molecule has 0 saturated carbocycles. The van der Waals surface area contributed by atoms with Crippen LogP contribution >= 0.6 is 15.9 Å². The number of primary amides is 1. The minimum absolute atomic E-state index is 0.136. The number of benzene rings is 2. The average Bonchev–Trinajstić information content (AvgIpc) is 2.55. The van der Waals surface area contributed by atoms with Crippen LogP contribution in [0.5, 0.6) is 0 Å². The third kappa shape index (κ3) is 3.15. The highest BCUT2D eigenvalue weighted by molar-refractivity contribution is 9.10. The number of rotatable bonds is 2. The molecule has 0 aliphatic carbocycles. The van der Waals surface area contributed by atoms with Crippen LogP contribution in [0.3, 0.4) is 0 Å². The molecule has 0 saturated heterocycles. The molecule has 2 aromatic carbocycles. The Morgan fingerprint density at radius 1 is 1.17 bits per heavy atom. The quantitative estimate of drug-likeness (QED) is 0.751. The van der Waals surface area contributed by atoms with Crippen molar-refractivity contribution in [2.75, 3.05) is 0 Å². The van der Waals surface area contributed by atoms with E-state index in [1.54, 1.807) is 36.4 Å². The third-order valence-corrected chi connectivity index (χ3v) is 3.69. The van der Waals surface area contributed by atoms with Gasteiger partial charge in [-0.2, -0.15) is 5.26 Å². The van der Waals surface area contributed by atoms with Gasteiger partial charge in [-0.05, 0) is 48.5 Å². The van der Waals surface area contributed by atoms with Crippen LogP contribution in [-0.2, 0) is 0 Å². The molecule has 6 heteroatoms. The molecule has 0 aliphatic rings. The first-order chi connectivity index (χ1) is 11.1. The van der Waals surface area contributed by atoms with Crippen molar-refractivity contribution in [2.24, 2.45) is 10.7 Å². The molecule has 1 amide bonds. The van der Waals surface area contributed by atoms with Crippen LogP contribution in [0.1, 0.15) is 15.9 Å². The molecule has 0 aliphatic heterocycles. The lowest BCUT2D eigenvalue weighted by atomic mass is 10.2. The van der Waals surface area contributed by atoms with Gasteiger partial charge in [-0.3, -0.25) is 4.79 Å². The van der Waals surface area contributed by atoms with Gasteiger partial charge in [0.25, 0.3) is 5.91 Å². The van der Waals surface area contributed by atoms with Crippen molar-refractivity contribution in [1.29, 1.82) is 5.26 Å². The topological polar surface area (TPSA) is 92.4 Å². The molecular formula is C17H10BrN3O2. The van der Waals surface area contributed by atoms with E-state index in [9.17, 15) is 4.79 Å². The summed E-state index contributed by atoms with van der Waals surface area (Å²) in [6, 6.07) is 15.7. The Balaban J connectivity index is 2.23. The van der Waals surface area contributed by atoms with Crippen LogP contribution in [0.15, 0.2) is 62.4 Å². The van der Waals surface area contributed by atoms with Gasteiger partial charge in [0.2, 0.25) is 5.55 Å². The molecule has 23 heavy (non-hydrogen) atoms. The van der Waals surface area contributed by atoms with Gasteiger partial charge in [-0.25, -0.2) is 4.99 Å². The Bertz CT molecular complexity index is 1010. The fraction of sp³-hybridized carbons (Fsp3) is 0. The lowest BCUT2D eigenvalue weighted by Crippen LogP contribution is -2.21. The summed E-state index contributed by atoms with van der Waals surface area (Å²) in [5, 5.41) is 9.55. The van der Waals surface area contributed by atoms with E-state index in [0.29, 0.717) is 16.8 Å². The Hall–Kier alpha value is -2.91. The van der Waals surface area contributed by atoms with Crippen molar-refractivity contribution in [3.8, 4) is 6.07 Å². The highest BCUT2D eigenvalue weighted by atomic mass is 79.9. The van der Waals surface area contributed by atoms with E-state index in [-0.39, 0.29) is 11.1 Å². The summed E-state index contributed by atoms with van der Waals surface area (Å²) in [5.74, 6) is -0.622. The summed E-state index contributed by atoms with van der Waals surface area (Å²) in [7, 11) is 0. The minimum Gasteiger partial charge on any atom is -0.438 e. The average molecular weight is 368 g/mol. The first-order valence-corrected chi connectivity index (χ1v) is 7.44. The SMILES string of the molecule is N#Cc1ccc(N=c2oc3ccc(Br)cc3cc2C(N)=O)cc1. The molecule has 1 aromatic heterocycles. The second-order valence-electron chi connectivity index (χ2n) is 4.78. The van der Waals surface area contributed by atoms with E-state index >= 15 is 0 Å².